The van der Waals surface area contributed by atoms with E-state index in [1.165, 1.54) is 219 Å². The zero-order valence-electron chi connectivity index (χ0n) is 26.9. The molecular weight excluding hydrogens is 606 g/mol. The van der Waals surface area contributed by atoms with Gasteiger partial charge < -0.3 is 5.32 Å². The first-order chi connectivity index (χ1) is 19.3. The Labute approximate surface area is 265 Å². The molecule has 0 aromatic rings. The summed E-state index contributed by atoms with van der Waals surface area (Å²) in [5.41, 5.74) is 0. The maximum absolute atomic E-state index is 3.69. The van der Waals surface area contributed by atoms with Crippen LogP contribution >= 0.6 is 31.9 Å². The van der Waals surface area contributed by atoms with Crippen molar-refractivity contribution in [2.24, 2.45) is 0 Å². The third-order valence-corrected chi connectivity index (χ3v) is 9.40. The molecule has 0 spiro atoms. The quantitative estimate of drug-likeness (QED) is 0.0519. The van der Waals surface area contributed by atoms with Gasteiger partial charge in [-0.05, 0) is 32.4 Å². The molecule has 0 aromatic heterocycles. The van der Waals surface area contributed by atoms with E-state index >= 15 is 0 Å². The maximum Gasteiger partial charge on any atom is 0.0697 e. The van der Waals surface area contributed by atoms with Crippen molar-refractivity contribution in [2.75, 3.05) is 13.1 Å². The third-order valence-electron chi connectivity index (χ3n) is 8.48. The minimum Gasteiger partial charge on any atom is -0.317 e. The smallest absolute Gasteiger partial charge is 0.0697 e. The Morgan fingerprint density at radius 3 is 0.821 bits per heavy atom. The number of hydrogen-bond acceptors (Lipinski definition) is 1. The van der Waals surface area contributed by atoms with E-state index in [2.05, 4.69) is 44.1 Å². The molecule has 0 rings (SSSR count). The summed E-state index contributed by atoms with van der Waals surface area (Å²) in [6.07, 6.45) is 46.2. The van der Waals surface area contributed by atoms with Gasteiger partial charge in [0.05, 0.1) is 3.74 Å². The van der Waals surface area contributed by atoms with Gasteiger partial charge in [0.2, 0.25) is 0 Å². The van der Waals surface area contributed by atoms with Gasteiger partial charge in [-0.15, -0.1) is 0 Å². The maximum atomic E-state index is 3.69. The van der Waals surface area contributed by atoms with Crippen molar-refractivity contribution in [1.82, 2.24) is 5.32 Å². The minimum atomic E-state index is 0.519. The van der Waals surface area contributed by atoms with E-state index in [1.54, 1.807) is 0 Å². The Bertz CT molecular complexity index is 415. The molecule has 0 atom stereocenters. The molecule has 0 radical (unpaired) electrons. The van der Waals surface area contributed by atoms with E-state index in [0.717, 1.165) is 0 Å². The highest BCUT2D eigenvalue weighted by Crippen LogP contribution is 2.18. The predicted octanol–water partition coefficient (Wildman–Crippen LogP) is 14.2. The highest BCUT2D eigenvalue weighted by atomic mass is 79.9. The fourth-order valence-electron chi connectivity index (χ4n) is 5.77. The van der Waals surface area contributed by atoms with Crippen molar-refractivity contribution in [3.63, 3.8) is 0 Å². The molecule has 0 aliphatic carbocycles. The van der Waals surface area contributed by atoms with Crippen LogP contribution in [0.4, 0.5) is 0 Å². The van der Waals surface area contributed by atoms with Gasteiger partial charge in [0.25, 0.3) is 0 Å². The summed E-state index contributed by atoms with van der Waals surface area (Å²) in [5.74, 6) is 0. The van der Waals surface area contributed by atoms with Crippen molar-refractivity contribution in [3.05, 3.63) is 0 Å². The van der Waals surface area contributed by atoms with E-state index < -0.39 is 0 Å². The number of hydrogen-bond donors (Lipinski definition) is 1. The Morgan fingerprint density at radius 1 is 0.333 bits per heavy atom. The van der Waals surface area contributed by atoms with Gasteiger partial charge >= 0.3 is 0 Å². The molecule has 236 valence electrons. The van der Waals surface area contributed by atoms with Crippen LogP contribution in [0, 0.1) is 0 Å². The molecule has 0 amide bonds. The highest BCUT2D eigenvalue weighted by molar-refractivity contribution is 9.24. The first-order valence-electron chi connectivity index (χ1n) is 18.3. The van der Waals surface area contributed by atoms with Crippen molar-refractivity contribution in [1.29, 1.82) is 0 Å². The highest BCUT2D eigenvalue weighted by Gasteiger charge is 1.98. The summed E-state index contributed by atoms with van der Waals surface area (Å²) >= 11 is 7.13. The van der Waals surface area contributed by atoms with Gasteiger partial charge in [-0.2, -0.15) is 0 Å². The second kappa shape index (κ2) is 36.9. The van der Waals surface area contributed by atoms with Crippen LogP contribution < -0.4 is 5.32 Å². The molecule has 0 aliphatic heterocycles. The second-order valence-corrected chi connectivity index (χ2v) is 16.0. The van der Waals surface area contributed by atoms with Crippen LogP contribution in [0.25, 0.3) is 0 Å². The fourth-order valence-corrected chi connectivity index (χ4v) is 6.42. The molecule has 0 heterocycles. The van der Waals surface area contributed by atoms with E-state index in [1.807, 2.05) is 0 Å². The Morgan fingerprint density at radius 2 is 0.564 bits per heavy atom. The Kier molecular flexibility index (Phi) is 37.8. The summed E-state index contributed by atoms with van der Waals surface area (Å²) in [6.45, 7) is 4.79. The topological polar surface area (TPSA) is 12.0 Å². The molecule has 39 heavy (non-hydrogen) atoms. The van der Waals surface area contributed by atoms with E-state index in [9.17, 15) is 0 Å². The van der Waals surface area contributed by atoms with Gasteiger partial charge in [0.1, 0.15) is 0 Å². The Balaban J connectivity index is 3.02. The molecule has 0 fully saturated rings. The average molecular weight is 680 g/mol. The summed E-state index contributed by atoms with van der Waals surface area (Å²) in [5, 5.41) is 3.69. The van der Waals surface area contributed by atoms with Crippen LogP contribution in [-0.4, -0.2) is 16.8 Å². The normalized spacial score (nSPS) is 11.7. The molecule has 0 aromatic carbocycles. The first-order valence-corrected chi connectivity index (χ1v) is 20.1. The lowest BCUT2D eigenvalue weighted by Crippen LogP contribution is -2.16. The van der Waals surface area contributed by atoms with Gasteiger partial charge in [-0.1, -0.05) is 225 Å². The average Bonchev–Trinajstić information content (AvgIpc) is 2.93. The molecule has 0 saturated carbocycles. The lowest BCUT2D eigenvalue weighted by molar-refractivity contribution is 0.515. The summed E-state index contributed by atoms with van der Waals surface area (Å²) < 4.78 is 0.519. The molecular formula is C36H73Br2N. The van der Waals surface area contributed by atoms with Crippen LogP contribution in [0.2, 0.25) is 0 Å². The van der Waals surface area contributed by atoms with Crippen LogP contribution in [0.15, 0.2) is 0 Å². The molecule has 0 saturated heterocycles. The molecule has 0 bridgehead atoms. The van der Waals surface area contributed by atoms with Crippen LogP contribution in [0.5, 0.6) is 0 Å². The number of rotatable bonds is 35. The zero-order chi connectivity index (χ0) is 28.3. The SMILES string of the molecule is CCCCCCCCCCCCCCCCCCNCCCCCCCCCCCCCCCCCC(Br)Br. The van der Waals surface area contributed by atoms with Crippen LogP contribution in [0.1, 0.15) is 212 Å². The van der Waals surface area contributed by atoms with Crippen LogP contribution in [-0.2, 0) is 0 Å². The van der Waals surface area contributed by atoms with E-state index in [-0.39, 0.29) is 0 Å². The number of alkyl halides is 2. The summed E-state index contributed by atoms with van der Waals surface area (Å²) in [4.78, 5) is 0. The second-order valence-electron chi connectivity index (χ2n) is 12.5. The molecule has 1 nitrogen and oxygen atoms in total. The standard InChI is InChI=1S/C36H73Br2N/c1-2-3-4-5-6-7-8-9-10-13-16-19-22-25-28-31-34-39-35-32-29-26-23-20-17-14-11-12-15-18-21-24-27-30-33-36(37)38/h36,39H,2-35H2,1H3. The van der Waals surface area contributed by atoms with Crippen molar-refractivity contribution in [2.45, 2.75) is 216 Å². The molecule has 3 heteroatoms. The van der Waals surface area contributed by atoms with Gasteiger partial charge in [-0.3, -0.25) is 0 Å². The lowest BCUT2D eigenvalue weighted by Gasteiger charge is -2.06. The largest absolute Gasteiger partial charge is 0.317 e. The van der Waals surface area contributed by atoms with Crippen LogP contribution in [0.3, 0.4) is 0 Å². The zero-order valence-corrected chi connectivity index (χ0v) is 30.0. The summed E-state index contributed by atoms with van der Waals surface area (Å²) in [6, 6.07) is 0. The van der Waals surface area contributed by atoms with Gasteiger partial charge in [0.15, 0.2) is 0 Å². The number of nitrogens with one attached hydrogen (secondary N) is 1. The van der Waals surface area contributed by atoms with Gasteiger partial charge in [-0.25, -0.2) is 0 Å². The monoisotopic (exact) mass is 677 g/mol. The Hall–Kier alpha value is 0.920. The number of halogens is 2. The minimum absolute atomic E-state index is 0.519. The third kappa shape index (κ3) is 38.9. The lowest BCUT2D eigenvalue weighted by atomic mass is 10.0. The fraction of sp³-hybridized carbons (Fsp3) is 1.00. The molecule has 0 aliphatic rings. The van der Waals surface area contributed by atoms with Crippen molar-refractivity contribution in [3.8, 4) is 0 Å². The predicted molar refractivity (Wildman–Crippen MR) is 188 cm³/mol. The van der Waals surface area contributed by atoms with E-state index in [4.69, 9.17) is 0 Å². The molecule has 1 N–H and O–H groups in total. The van der Waals surface area contributed by atoms with E-state index in [0.29, 0.717) is 3.74 Å². The summed E-state index contributed by atoms with van der Waals surface area (Å²) in [7, 11) is 0. The first kappa shape index (κ1) is 39.9. The number of unbranched alkanes of at least 4 members (excludes halogenated alkanes) is 29. The van der Waals surface area contributed by atoms with Gasteiger partial charge in [0, 0.05) is 0 Å². The van der Waals surface area contributed by atoms with Crippen molar-refractivity contribution >= 4 is 31.9 Å². The van der Waals surface area contributed by atoms with Crippen molar-refractivity contribution < 1.29 is 0 Å². The molecule has 0 unspecified atom stereocenters.